The monoisotopic (exact) mass is 585 g/mol. The Morgan fingerprint density at radius 2 is 1.61 bits per heavy atom. The zero-order valence-corrected chi connectivity index (χ0v) is 25.0. The summed E-state index contributed by atoms with van der Waals surface area (Å²) in [6.07, 6.45) is 3.22. The van der Waals surface area contributed by atoms with Crippen molar-refractivity contribution in [3.63, 3.8) is 0 Å². The molecule has 0 spiro atoms. The number of dihydropyridines is 1. The number of benzene rings is 3. The minimum absolute atomic E-state index is 0.0396. The Morgan fingerprint density at radius 3 is 2.23 bits per heavy atom. The van der Waals surface area contributed by atoms with Crippen LogP contribution in [0.5, 0.6) is 0 Å². The lowest BCUT2D eigenvalue weighted by atomic mass is 9.68. The van der Waals surface area contributed by atoms with Crippen LogP contribution in [-0.2, 0) is 14.9 Å². The molecule has 0 saturated carbocycles. The number of nitriles is 1. The van der Waals surface area contributed by atoms with Gasteiger partial charge in [0.25, 0.3) is 0 Å². The smallest absolute Gasteiger partial charge is 0.336 e. The number of aromatic nitrogens is 2. The average Bonchev–Trinajstić information content (AvgIpc) is 3.60. The summed E-state index contributed by atoms with van der Waals surface area (Å²) < 4.78 is 11.5. The normalized spacial score (nSPS) is 18.4. The zero-order chi connectivity index (χ0) is 30.5. The Morgan fingerprint density at radius 1 is 0.977 bits per heavy atom. The van der Waals surface area contributed by atoms with Crippen LogP contribution in [0, 0.1) is 11.3 Å². The molecule has 1 aromatic heterocycles. The number of carbonyl (C=O) groups excluding carboxylic acids is 1. The molecule has 1 fully saturated rings. The molecule has 0 aliphatic carbocycles. The third-order valence-electron chi connectivity index (χ3n) is 8.97. The van der Waals surface area contributed by atoms with E-state index < -0.39 is 11.9 Å². The Bertz CT molecular complexity index is 1670. The number of esters is 1. The van der Waals surface area contributed by atoms with Crippen LogP contribution in [0.2, 0.25) is 0 Å². The Labute approximate surface area is 257 Å². The standard InChI is InChI=1S/C36H35N5O3/c1-25-31(34-40-38-24-44-34)33(30-16-10-9-11-27(30)23-37)32(26(2)39-25)35(42)43-22-21-41-19-17-36(18-20-41,28-12-5-3-6-13-28)29-14-7-4-8-15-29/h3-16,24,33,39H,17-22H2,1-2H3. The van der Waals surface area contributed by atoms with Crippen molar-refractivity contribution in [1.29, 1.82) is 5.26 Å². The molecule has 3 aromatic carbocycles. The van der Waals surface area contributed by atoms with Crippen molar-refractivity contribution < 1.29 is 13.9 Å². The van der Waals surface area contributed by atoms with E-state index in [1.165, 1.54) is 17.5 Å². The molecule has 2 aliphatic heterocycles. The van der Waals surface area contributed by atoms with Crippen molar-refractivity contribution in [2.24, 2.45) is 0 Å². The highest BCUT2D eigenvalue weighted by molar-refractivity contribution is 5.97. The van der Waals surface area contributed by atoms with Gasteiger partial charge in [0.2, 0.25) is 12.3 Å². The zero-order valence-electron chi connectivity index (χ0n) is 25.0. The molecule has 1 N–H and O–H groups in total. The van der Waals surface area contributed by atoms with Gasteiger partial charge < -0.3 is 14.5 Å². The van der Waals surface area contributed by atoms with Crippen LogP contribution < -0.4 is 5.32 Å². The van der Waals surface area contributed by atoms with Gasteiger partial charge >= 0.3 is 5.97 Å². The van der Waals surface area contributed by atoms with Gasteiger partial charge in [-0.1, -0.05) is 78.9 Å². The van der Waals surface area contributed by atoms with Gasteiger partial charge in [-0.05, 0) is 62.5 Å². The van der Waals surface area contributed by atoms with Crippen LogP contribution >= 0.6 is 0 Å². The first-order valence-corrected chi connectivity index (χ1v) is 15.0. The van der Waals surface area contributed by atoms with E-state index in [0.29, 0.717) is 40.4 Å². The van der Waals surface area contributed by atoms with Crippen LogP contribution in [-0.4, -0.2) is 47.3 Å². The first kappa shape index (κ1) is 29.1. The summed E-state index contributed by atoms with van der Waals surface area (Å²) in [5, 5.41) is 21.2. The molecule has 1 atom stereocenters. The van der Waals surface area contributed by atoms with E-state index >= 15 is 0 Å². The van der Waals surface area contributed by atoms with Crippen molar-refractivity contribution in [3.8, 4) is 6.07 Å². The molecular formula is C36H35N5O3. The molecule has 0 amide bonds. The molecule has 6 rings (SSSR count). The molecular weight excluding hydrogens is 550 g/mol. The first-order chi connectivity index (χ1) is 21.5. The minimum Gasteiger partial charge on any atom is -0.461 e. The van der Waals surface area contributed by atoms with Gasteiger partial charge in [0.1, 0.15) is 6.61 Å². The van der Waals surface area contributed by atoms with Gasteiger partial charge in [0.15, 0.2) is 0 Å². The predicted octanol–water partition coefficient (Wildman–Crippen LogP) is 5.96. The number of likely N-dealkylation sites (tertiary alicyclic amines) is 1. The van der Waals surface area contributed by atoms with E-state index in [2.05, 4.69) is 87.1 Å². The molecule has 3 heterocycles. The van der Waals surface area contributed by atoms with Crippen molar-refractivity contribution in [3.05, 3.63) is 136 Å². The van der Waals surface area contributed by atoms with E-state index in [0.717, 1.165) is 31.6 Å². The summed E-state index contributed by atoms with van der Waals surface area (Å²) in [5.41, 5.74) is 6.32. The van der Waals surface area contributed by atoms with Crippen molar-refractivity contribution in [2.75, 3.05) is 26.2 Å². The molecule has 8 nitrogen and oxygen atoms in total. The average molecular weight is 586 g/mol. The second-order valence-electron chi connectivity index (χ2n) is 11.4. The van der Waals surface area contributed by atoms with E-state index in [-0.39, 0.29) is 12.0 Å². The molecule has 2 aliphatic rings. The Balaban J connectivity index is 1.18. The summed E-state index contributed by atoms with van der Waals surface area (Å²) in [4.78, 5) is 16.2. The maximum Gasteiger partial charge on any atom is 0.336 e. The molecule has 1 unspecified atom stereocenters. The number of hydrogen-bond donors (Lipinski definition) is 1. The van der Waals surface area contributed by atoms with Gasteiger partial charge in [-0.25, -0.2) is 4.79 Å². The van der Waals surface area contributed by atoms with Gasteiger partial charge in [-0.2, -0.15) is 5.26 Å². The van der Waals surface area contributed by atoms with E-state index in [9.17, 15) is 10.1 Å². The lowest BCUT2D eigenvalue weighted by Gasteiger charge is -2.43. The van der Waals surface area contributed by atoms with E-state index in [1.54, 1.807) is 6.07 Å². The predicted molar refractivity (Wildman–Crippen MR) is 167 cm³/mol. The van der Waals surface area contributed by atoms with Crippen molar-refractivity contribution in [2.45, 2.75) is 38.0 Å². The summed E-state index contributed by atoms with van der Waals surface area (Å²) in [7, 11) is 0. The van der Waals surface area contributed by atoms with Gasteiger partial charge in [-0.15, -0.1) is 10.2 Å². The molecule has 222 valence electrons. The van der Waals surface area contributed by atoms with E-state index in [1.807, 2.05) is 32.0 Å². The third kappa shape index (κ3) is 5.54. The SMILES string of the molecule is CC1=C(C(=O)OCCN2CCC(c3ccccc3)(c3ccccc3)CC2)C(c2ccccc2C#N)C(c2nnco2)=C(C)N1. The summed E-state index contributed by atoms with van der Waals surface area (Å²) in [5.74, 6) is -0.747. The number of hydrogen-bond acceptors (Lipinski definition) is 8. The number of ether oxygens (including phenoxy) is 1. The van der Waals surface area contributed by atoms with Crippen LogP contribution in [0.15, 0.2) is 113 Å². The lowest BCUT2D eigenvalue weighted by molar-refractivity contribution is -0.139. The number of allylic oxidation sites excluding steroid dienone is 3. The van der Waals surface area contributed by atoms with Gasteiger partial charge in [0.05, 0.1) is 23.1 Å². The van der Waals surface area contributed by atoms with Crippen molar-refractivity contribution in [1.82, 2.24) is 20.4 Å². The molecule has 1 saturated heterocycles. The summed E-state index contributed by atoms with van der Waals surface area (Å²) in [6, 6.07) is 31.1. The minimum atomic E-state index is -0.604. The van der Waals surface area contributed by atoms with Crippen molar-refractivity contribution >= 4 is 11.5 Å². The fourth-order valence-corrected chi connectivity index (χ4v) is 6.76. The number of rotatable bonds is 8. The van der Waals surface area contributed by atoms with E-state index in [4.69, 9.17) is 9.15 Å². The maximum absolute atomic E-state index is 13.8. The molecule has 8 heteroatoms. The number of nitrogens with zero attached hydrogens (tertiary/aromatic N) is 4. The Hall–Kier alpha value is -5.00. The number of nitrogens with one attached hydrogen (secondary N) is 1. The summed E-state index contributed by atoms with van der Waals surface area (Å²) in [6.45, 7) is 6.43. The highest BCUT2D eigenvalue weighted by Crippen LogP contribution is 2.44. The van der Waals surface area contributed by atoms with Crippen LogP contribution in [0.1, 0.15) is 60.8 Å². The Kier molecular flexibility index (Phi) is 8.40. The topological polar surface area (TPSA) is 104 Å². The molecule has 4 aromatic rings. The first-order valence-electron chi connectivity index (χ1n) is 15.0. The highest BCUT2D eigenvalue weighted by atomic mass is 16.5. The summed E-state index contributed by atoms with van der Waals surface area (Å²) >= 11 is 0. The fraction of sp³-hybridized carbons (Fsp3) is 0.278. The van der Waals surface area contributed by atoms with Crippen LogP contribution in [0.25, 0.3) is 5.57 Å². The number of piperidine rings is 1. The quantitative estimate of drug-likeness (QED) is 0.253. The third-order valence-corrected chi connectivity index (χ3v) is 8.97. The number of carbonyl (C=O) groups is 1. The van der Waals surface area contributed by atoms with Crippen LogP contribution in [0.4, 0.5) is 0 Å². The second-order valence-corrected chi connectivity index (χ2v) is 11.4. The molecule has 0 radical (unpaired) electrons. The molecule has 44 heavy (non-hydrogen) atoms. The fourth-order valence-electron chi connectivity index (χ4n) is 6.76. The second kappa shape index (κ2) is 12.7. The van der Waals surface area contributed by atoms with Crippen LogP contribution in [0.3, 0.4) is 0 Å². The van der Waals surface area contributed by atoms with Gasteiger partial charge in [0, 0.05) is 28.9 Å². The van der Waals surface area contributed by atoms with Gasteiger partial charge in [-0.3, -0.25) is 4.90 Å². The molecule has 0 bridgehead atoms. The largest absolute Gasteiger partial charge is 0.461 e. The maximum atomic E-state index is 13.8. The lowest BCUT2D eigenvalue weighted by Crippen LogP contribution is -2.44. The highest BCUT2D eigenvalue weighted by Gasteiger charge is 2.39.